The van der Waals surface area contributed by atoms with E-state index in [0.717, 1.165) is 10.4 Å². The highest BCUT2D eigenvalue weighted by Gasteiger charge is 2.15. The van der Waals surface area contributed by atoms with Crippen LogP contribution >= 0.6 is 11.6 Å². The Morgan fingerprint density at radius 3 is 2.89 bits per heavy atom. The van der Waals surface area contributed by atoms with Crippen molar-refractivity contribution in [3.8, 4) is 11.5 Å². The maximum atomic E-state index is 9.23. The second kappa shape index (κ2) is 3.96. The molecular formula is C12H9ClN3O2+. The molecule has 0 saturated carbocycles. The van der Waals surface area contributed by atoms with Gasteiger partial charge < -0.3 is 4.42 Å². The zero-order valence-electron chi connectivity index (χ0n) is 9.46. The number of fused-ring (bicyclic) bond motifs is 1. The largest absolute Gasteiger partial charge is 0.418 e. The molecule has 0 bridgehead atoms. The van der Waals surface area contributed by atoms with E-state index in [-0.39, 0.29) is 0 Å². The Morgan fingerprint density at radius 2 is 2.11 bits per heavy atom. The van der Waals surface area contributed by atoms with E-state index in [2.05, 4.69) is 9.97 Å². The Morgan fingerprint density at radius 1 is 1.28 bits per heavy atom. The monoisotopic (exact) mass is 262 g/mol. The molecule has 3 aromatic heterocycles. The molecule has 1 N–H and O–H groups in total. The van der Waals surface area contributed by atoms with Gasteiger partial charge in [-0.25, -0.2) is 9.97 Å². The summed E-state index contributed by atoms with van der Waals surface area (Å²) in [5.74, 6) is 0.383. The van der Waals surface area contributed by atoms with E-state index in [9.17, 15) is 5.21 Å². The molecule has 0 spiro atoms. The van der Waals surface area contributed by atoms with Crippen LogP contribution in [0.5, 0.6) is 0 Å². The fourth-order valence-electron chi connectivity index (χ4n) is 1.66. The summed E-state index contributed by atoms with van der Waals surface area (Å²) in [5, 5.41) is 9.58. The fourth-order valence-corrected chi connectivity index (χ4v) is 1.90. The molecule has 0 aromatic carbocycles. The molecule has 5 nitrogen and oxygen atoms in total. The highest BCUT2D eigenvalue weighted by atomic mass is 35.5. The summed E-state index contributed by atoms with van der Waals surface area (Å²) in [5.41, 5.74) is 2.62. The number of hydrogen-bond donors (Lipinski definition) is 1. The van der Waals surface area contributed by atoms with Gasteiger partial charge in [-0.2, -0.15) is 0 Å². The molecular weight excluding hydrogens is 254 g/mol. The minimum Gasteiger partial charge on any atom is -0.418 e. The highest BCUT2D eigenvalue weighted by Crippen LogP contribution is 2.28. The third kappa shape index (κ3) is 1.78. The van der Waals surface area contributed by atoms with Gasteiger partial charge in [0.15, 0.2) is 0 Å². The predicted molar refractivity (Wildman–Crippen MR) is 64.4 cm³/mol. The Kier molecular flexibility index (Phi) is 2.41. The number of aromatic nitrogens is 3. The van der Waals surface area contributed by atoms with Gasteiger partial charge in [0, 0.05) is 16.5 Å². The van der Waals surface area contributed by atoms with E-state index >= 15 is 0 Å². The first-order chi connectivity index (χ1) is 8.63. The van der Waals surface area contributed by atoms with Crippen molar-refractivity contribution in [2.75, 3.05) is 0 Å². The maximum Gasteiger partial charge on any atom is 0.247 e. The molecule has 90 valence electrons. The van der Waals surface area contributed by atoms with Crippen LogP contribution in [0.25, 0.3) is 22.7 Å². The zero-order valence-corrected chi connectivity index (χ0v) is 10.2. The third-order valence-electron chi connectivity index (χ3n) is 2.52. The summed E-state index contributed by atoms with van der Waals surface area (Å²) in [6, 6.07) is 5.33. The van der Waals surface area contributed by atoms with Gasteiger partial charge in [0.2, 0.25) is 24.0 Å². The van der Waals surface area contributed by atoms with Crippen molar-refractivity contribution >= 4 is 22.8 Å². The molecule has 0 fully saturated rings. The Balaban J connectivity index is 2.19. The zero-order chi connectivity index (χ0) is 12.7. The summed E-state index contributed by atoms with van der Waals surface area (Å²) in [7, 11) is 0. The Labute approximate surface area is 107 Å². The predicted octanol–water partition coefficient (Wildman–Crippen LogP) is 2.38. The number of halogens is 1. The van der Waals surface area contributed by atoms with Crippen molar-refractivity contribution < 1.29 is 14.4 Å². The minimum absolute atomic E-state index is 0.350. The molecule has 0 radical (unpaired) electrons. The van der Waals surface area contributed by atoms with Gasteiger partial charge in [-0.3, -0.25) is 5.21 Å². The number of aryl methyl sites for hydroxylation is 1. The van der Waals surface area contributed by atoms with Gasteiger partial charge in [-0.15, -0.1) is 0 Å². The van der Waals surface area contributed by atoms with Gasteiger partial charge in [0.1, 0.15) is 10.5 Å². The van der Waals surface area contributed by atoms with Crippen molar-refractivity contribution in [1.29, 1.82) is 0 Å². The average molecular weight is 263 g/mol. The van der Waals surface area contributed by atoms with E-state index in [1.54, 1.807) is 6.07 Å². The lowest BCUT2D eigenvalue weighted by molar-refractivity contribution is -0.904. The summed E-state index contributed by atoms with van der Waals surface area (Å²) in [6.45, 7) is 1.88. The van der Waals surface area contributed by atoms with E-state index in [0.29, 0.717) is 27.7 Å². The quantitative estimate of drug-likeness (QED) is 0.540. The molecule has 3 rings (SSSR count). The van der Waals surface area contributed by atoms with Crippen LogP contribution in [0.15, 0.2) is 35.0 Å². The Bertz CT molecular complexity index is 739. The van der Waals surface area contributed by atoms with Crippen LogP contribution in [0, 0.1) is 6.92 Å². The summed E-state index contributed by atoms with van der Waals surface area (Å²) in [6.07, 6.45) is 2.82. The third-order valence-corrected chi connectivity index (χ3v) is 2.82. The summed E-state index contributed by atoms with van der Waals surface area (Å²) < 4.78 is 6.43. The van der Waals surface area contributed by atoms with Crippen molar-refractivity contribution in [3.05, 3.63) is 41.3 Å². The standard InChI is InChI=1S/C12H9ClN3O2/c1-7-2-3-10-12(14-7)18-11(15-10)8-4-5-16(17)6-9(8)13/h2-6,17H,1H3/q+1. The Hall–Kier alpha value is -2.14. The second-order valence-electron chi connectivity index (χ2n) is 3.88. The number of rotatable bonds is 1. The highest BCUT2D eigenvalue weighted by molar-refractivity contribution is 6.32. The summed E-state index contributed by atoms with van der Waals surface area (Å²) >= 11 is 6.02. The van der Waals surface area contributed by atoms with E-state index in [1.165, 1.54) is 12.4 Å². The van der Waals surface area contributed by atoms with Crippen LogP contribution in [0.2, 0.25) is 5.02 Å². The van der Waals surface area contributed by atoms with Crippen molar-refractivity contribution in [2.24, 2.45) is 0 Å². The molecule has 0 aliphatic carbocycles. The van der Waals surface area contributed by atoms with Gasteiger partial charge in [0.25, 0.3) is 0 Å². The molecule has 0 amide bonds. The van der Waals surface area contributed by atoms with Gasteiger partial charge in [-0.1, -0.05) is 11.6 Å². The van der Waals surface area contributed by atoms with Crippen LogP contribution in [-0.2, 0) is 0 Å². The first-order valence-corrected chi connectivity index (χ1v) is 5.66. The second-order valence-corrected chi connectivity index (χ2v) is 4.29. The van der Waals surface area contributed by atoms with Crippen molar-refractivity contribution in [3.63, 3.8) is 0 Å². The average Bonchev–Trinajstić information content (AvgIpc) is 2.71. The first-order valence-electron chi connectivity index (χ1n) is 5.28. The summed E-state index contributed by atoms with van der Waals surface area (Å²) in [4.78, 5) is 8.55. The fraction of sp³-hybridized carbons (Fsp3) is 0.0833. The van der Waals surface area contributed by atoms with E-state index < -0.39 is 0 Å². The van der Waals surface area contributed by atoms with Gasteiger partial charge in [-0.05, 0) is 19.1 Å². The minimum atomic E-state index is 0.350. The molecule has 3 heterocycles. The van der Waals surface area contributed by atoms with Gasteiger partial charge in [0.05, 0.1) is 5.56 Å². The van der Waals surface area contributed by atoms with Crippen LogP contribution in [0.4, 0.5) is 0 Å². The molecule has 3 aromatic rings. The van der Waals surface area contributed by atoms with Crippen LogP contribution in [0.1, 0.15) is 5.69 Å². The first kappa shape index (κ1) is 11.0. The van der Waals surface area contributed by atoms with Crippen LogP contribution in [0.3, 0.4) is 0 Å². The molecule has 0 unspecified atom stereocenters. The van der Waals surface area contributed by atoms with Crippen LogP contribution < -0.4 is 4.73 Å². The number of oxazole rings is 1. The molecule has 0 atom stereocenters. The van der Waals surface area contributed by atoms with Crippen molar-refractivity contribution in [2.45, 2.75) is 6.92 Å². The van der Waals surface area contributed by atoms with Gasteiger partial charge >= 0.3 is 0 Å². The number of nitrogens with zero attached hydrogens (tertiary/aromatic N) is 3. The normalized spacial score (nSPS) is 11.0. The lowest BCUT2D eigenvalue weighted by Crippen LogP contribution is -2.28. The molecule has 0 aliphatic rings. The SMILES string of the molecule is Cc1ccc2nc(-c3cc[n+](O)cc3Cl)oc2n1. The molecule has 0 saturated heterocycles. The van der Waals surface area contributed by atoms with Crippen LogP contribution in [-0.4, -0.2) is 15.2 Å². The van der Waals surface area contributed by atoms with Crippen molar-refractivity contribution in [1.82, 2.24) is 9.97 Å². The smallest absolute Gasteiger partial charge is 0.247 e. The lowest BCUT2D eigenvalue weighted by atomic mass is 10.3. The number of pyridine rings is 2. The molecule has 0 aliphatic heterocycles. The number of hydrogen-bond acceptors (Lipinski definition) is 4. The molecule has 6 heteroatoms. The lowest BCUT2D eigenvalue weighted by Gasteiger charge is -1.94. The molecule has 18 heavy (non-hydrogen) atoms. The van der Waals surface area contributed by atoms with E-state index in [4.69, 9.17) is 16.0 Å². The van der Waals surface area contributed by atoms with E-state index in [1.807, 2.05) is 19.1 Å². The topological polar surface area (TPSA) is 63.0 Å². The maximum absolute atomic E-state index is 9.23.